The first-order valence-electron chi connectivity index (χ1n) is 6.09. The molecule has 0 saturated carbocycles. The molecular formula is C12H13F2NO4S2. The SMILES string of the molecule is O=C(O)CC1CSCCN1S(=O)(=O)c1cc(F)ccc1F. The molecule has 1 aliphatic heterocycles. The number of aliphatic carboxylic acids is 1. The highest BCUT2D eigenvalue weighted by molar-refractivity contribution is 7.99. The first-order chi connectivity index (χ1) is 9.82. The van der Waals surface area contributed by atoms with E-state index in [1.807, 2.05) is 0 Å². The van der Waals surface area contributed by atoms with Crippen molar-refractivity contribution in [3.63, 3.8) is 0 Å². The van der Waals surface area contributed by atoms with E-state index in [-0.39, 0.29) is 13.0 Å². The molecule has 5 nitrogen and oxygen atoms in total. The summed E-state index contributed by atoms with van der Waals surface area (Å²) in [7, 11) is -4.27. The fourth-order valence-electron chi connectivity index (χ4n) is 2.12. The van der Waals surface area contributed by atoms with E-state index in [4.69, 9.17) is 5.11 Å². The number of carboxylic acid groups (broad SMARTS) is 1. The molecule has 1 aromatic carbocycles. The van der Waals surface area contributed by atoms with Gasteiger partial charge in [-0.25, -0.2) is 17.2 Å². The molecule has 1 saturated heterocycles. The van der Waals surface area contributed by atoms with E-state index in [2.05, 4.69) is 0 Å². The lowest BCUT2D eigenvalue weighted by molar-refractivity contribution is -0.137. The quantitative estimate of drug-likeness (QED) is 0.902. The highest BCUT2D eigenvalue weighted by Crippen LogP contribution is 2.28. The summed E-state index contributed by atoms with van der Waals surface area (Å²) in [5.74, 6) is -2.27. The fraction of sp³-hybridized carbons (Fsp3) is 0.417. The molecule has 21 heavy (non-hydrogen) atoms. The minimum atomic E-state index is -4.27. The molecule has 0 bridgehead atoms. The topological polar surface area (TPSA) is 74.7 Å². The van der Waals surface area contributed by atoms with Crippen molar-refractivity contribution in [2.24, 2.45) is 0 Å². The average molecular weight is 337 g/mol. The molecule has 0 radical (unpaired) electrons. The lowest BCUT2D eigenvalue weighted by Gasteiger charge is -2.33. The Hall–Kier alpha value is -1.19. The van der Waals surface area contributed by atoms with Gasteiger partial charge in [0.1, 0.15) is 16.5 Å². The van der Waals surface area contributed by atoms with Crippen molar-refractivity contribution < 1.29 is 27.1 Å². The van der Waals surface area contributed by atoms with E-state index in [0.717, 1.165) is 16.4 Å². The monoisotopic (exact) mass is 337 g/mol. The van der Waals surface area contributed by atoms with Crippen LogP contribution >= 0.6 is 11.8 Å². The third-order valence-corrected chi connectivity index (χ3v) is 6.12. The maximum Gasteiger partial charge on any atom is 0.305 e. The summed E-state index contributed by atoms with van der Waals surface area (Å²) >= 11 is 1.43. The normalized spacial score (nSPS) is 20.4. The van der Waals surface area contributed by atoms with Crippen molar-refractivity contribution >= 4 is 27.8 Å². The van der Waals surface area contributed by atoms with Gasteiger partial charge in [0.2, 0.25) is 10.0 Å². The maximum absolute atomic E-state index is 13.7. The Morgan fingerprint density at radius 1 is 1.43 bits per heavy atom. The number of benzene rings is 1. The molecule has 1 N–H and O–H groups in total. The van der Waals surface area contributed by atoms with Gasteiger partial charge >= 0.3 is 5.97 Å². The Bertz CT molecular complexity index is 651. The van der Waals surface area contributed by atoms with Crippen LogP contribution in [0.5, 0.6) is 0 Å². The standard InChI is InChI=1S/C12H13F2NO4S2/c13-8-1-2-10(14)11(5-8)21(18,19)15-3-4-20-7-9(15)6-12(16)17/h1-2,5,9H,3-4,6-7H2,(H,16,17). The number of hydrogen-bond donors (Lipinski definition) is 1. The number of sulfonamides is 1. The van der Waals surface area contributed by atoms with Crippen LogP contribution in [-0.4, -0.2) is 47.9 Å². The summed E-state index contributed by atoms with van der Waals surface area (Å²) in [4.78, 5) is 10.1. The molecule has 1 fully saturated rings. The molecule has 1 unspecified atom stereocenters. The molecule has 0 amide bonds. The van der Waals surface area contributed by atoms with Crippen LogP contribution in [0.1, 0.15) is 6.42 Å². The fourth-order valence-corrected chi connectivity index (χ4v) is 5.09. The smallest absolute Gasteiger partial charge is 0.305 e. The maximum atomic E-state index is 13.7. The Morgan fingerprint density at radius 2 is 2.14 bits per heavy atom. The second kappa shape index (κ2) is 6.29. The third kappa shape index (κ3) is 3.53. The molecule has 0 spiro atoms. The number of carbonyl (C=O) groups is 1. The van der Waals surface area contributed by atoms with Gasteiger partial charge in [-0.05, 0) is 18.2 Å². The number of hydrogen-bond acceptors (Lipinski definition) is 4. The van der Waals surface area contributed by atoms with Crippen molar-refractivity contribution in [1.29, 1.82) is 0 Å². The van der Waals surface area contributed by atoms with Crippen molar-refractivity contribution in [3.8, 4) is 0 Å². The third-order valence-electron chi connectivity index (χ3n) is 3.06. The van der Waals surface area contributed by atoms with Crippen LogP contribution < -0.4 is 0 Å². The summed E-state index contributed by atoms with van der Waals surface area (Å²) in [6.07, 6.45) is -0.372. The van der Waals surface area contributed by atoms with Gasteiger partial charge in [0.25, 0.3) is 0 Å². The molecule has 9 heteroatoms. The van der Waals surface area contributed by atoms with Crippen LogP contribution in [0.2, 0.25) is 0 Å². The lowest BCUT2D eigenvalue weighted by atomic mass is 10.2. The summed E-state index contributed by atoms with van der Waals surface area (Å²) in [6.45, 7) is 0.0703. The summed E-state index contributed by atoms with van der Waals surface area (Å²) in [5.41, 5.74) is 0. The van der Waals surface area contributed by atoms with Gasteiger partial charge < -0.3 is 5.11 Å². The van der Waals surface area contributed by atoms with E-state index in [9.17, 15) is 22.0 Å². The van der Waals surface area contributed by atoms with E-state index in [0.29, 0.717) is 17.6 Å². The average Bonchev–Trinajstić information content (AvgIpc) is 2.41. The van der Waals surface area contributed by atoms with E-state index in [1.54, 1.807) is 0 Å². The van der Waals surface area contributed by atoms with Crippen molar-refractivity contribution in [2.75, 3.05) is 18.1 Å². The first kappa shape index (κ1) is 16.2. The Morgan fingerprint density at radius 3 is 2.81 bits per heavy atom. The number of halogens is 2. The van der Waals surface area contributed by atoms with Crippen molar-refractivity contribution in [1.82, 2.24) is 4.31 Å². The van der Waals surface area contributed by atoms with Gasteiger partial charge in [0, 0.05) is 24.1 Å². The van der Waals surface area contributed by atoms with Gasteiger partial charge in [0.15, 0.2) is 0 Å². The van der Waals surface area contributed by atoms with Crippen molar-refractivity contribution in [2.45, 2.75) is 17.4 Å². The molecular weight excluding hydrogens is 324 g/mol. The van der Waals surface area contributed by atoms with E-state index < -0.39 is 38.6 Å². The van der Waals surface area contributed by atoms with E-state index >= 15 is 0 Å². The minimum absolute atomic E-state index is 0.0703. The predicted molar refractivity (Wildman–Crippen MR) is 73.6 cm³/mol. The second-order valence-electron chi connectivity index (χ2n) is 4.52. The Kier molecular flexibility index (Phi) is 4.84. The lowest BCUT2D eigenvalue weighted by Crippen LogP contribution is -2.47. The summed E-state index contributed by atoms with van der Waals surface area (Å²) in [5, 5.41) is 8.85. The van der Waals surface area contributed by atoms with Gasteiger partial charge in [-0.2, -0.15) is 16.1 Å². The van der Waals surface area contributed by atoms with Gasteiger partial charge in [-0.1, -0.05) is 0 Å². The molecule has 2 rings (SSSR count). The van der Waals surface area contributed by atoms with E-state index in [1.165, 1.54) is 11.8 Å². The van der Waals surface area contributed by atoms with Crippen LogP contribution in [0.3, 0.4) is 0 Å². The molecule has 1 atom stereocenters. The van der Waals surface area contributed by atoms with Crippen LogP contribution in [0, 0.1) is 11.6 Å². The molecule has 1 aromatic rings. The zero-order valence-electron chi connectivity index (χ0n) is 10.8. The number of thioether (sulfide) groups is 1. The summed E-state index contributed by atoms with van der Waals surface area (Å²) in [6, 6.07) is 1.42. The summed E-state index contributed by atoms with van der Waals surface area (Å²) < 4.78 is 52.8. The number of nitrogens with zero attached hydrogens (tertiary/aromatic N) is 1. The zero-order valence-corrected chi connectivity index (χ0v) is 12.5. The molecule has 0 aromatic heterocycles. The molecule has 0 aliphatic carbocycles. The highest BCUT2D eigenvalue weighted by Gasteiger charge is 2.36. The second-order valence-corrected chi connectivity index (χ2v) is 7.53. The van der Waals surface area contributed by atoms with Crippen molar-refractivity contribution in [3.05, 3.63) is 29.8 Å². The predicted octanol–water partition coefficient (Wildman–Crippen LogP) is 1.55. The zero-order chi connectivity index (χ0) is 15.6. The van der Waals surface area contributed by atoms with Crippen LogP contribution in [-0.2, 0) is 14.8 Å². The molecule has 1 aliphatic rings. The largest absolute Gasteiger partial charge is 0.481 e. The van der Waals surface area contributed by atoms with Gasteiger partial charge in [0.05, 0.1) is 6.42 Å². The number of carboxylic acids is 1. The van der Waals surface area contributed by atoms with Crippen LogP contribution in [0.4, 0.5) is 8.78 Å². The first-order valence-corrected chi connectivity index (χ1v) is 8.68. The highest BCUT2D eigenvalue weighted by atomic mass is 32.2. The van der Waals surface area contributed by atoms with Crippen LogP contribution in [0.25, 0.3) is 0 Å². The van der Waals surface area contributed by atoms with Gasteiger partial charge in [-0.3, -0.25) is 4.79 Å². The number of rotatable bonds is 4. The van der Waals surface area contributed by atoms with Gasteiger partial charge in [-0.15, -0.1) is 0 Å². The van der Waals surface area contributed by atoms with Crippen LogP contribution in [0.15, 0.2) is 23.1 Å². The molecule has 116 valence electrons. The molecule has 1 heterocycles. The Balaban J connectivity index is 2.40. The Labute approximate surface area is 125 Å². The minimum Gasteiger partial charge on any atom is -0.481 e.